The Morgan fingerprint density at radius 3 is 2.63 bits per heavy atom. The Balaban J connectivity index is 1.98. The maximum Gasteiger partial charge on any atom is 0.0749 e. The summed E-state index contributed by atoms with van der Waals surface area (Å²) in [6.07, 6.45) is 10.3. The van der Waals surface area contributed by atoms with E-state index in [9.17, 15) is 0 Å². The van der Waals surface area contributed by atoms with E-state index in [4.69, 9.17) is 4.98 Å². The highest BCUT2D eigenvalue weighted by molar-refractivity contribution is 6.00. The fraction of sp³-hybridized carbons (Fsp3) is 0.423. The number of pyridine rings is 1. The first-order chi connectivity index (χ1) is 12.8. The van der Waals surface area contributed by atoms with E-state index in [0.717, 1.165) is 6.42 Å². The van der Waals surface area contributed by atoms with Gasteiger partial charge < -0.3 is 0 Å². The minimum absolute atomic E-state index is 0.00557. The lowest BCUT2D eigenvalue weighted by atomic mass is 9.61. The van der Waals surface area contributed by atoms with Crippen molar-refractivity contribution in [1.82, 2.24) is 4.98 Å². The van der Waals surface area contributed by atoms with Gasteiger partial charge in [-0.05, 0) is 59.3 Å². The number of rotatable bonds is 3. The molecule has 0 amide bonds. The highest BCUT2D eigenvalue weighted by Crippen LogP contribution is 2.54. The molecule has 0 radical (unpaired) electrons. The van der Waals surface area contributed by atoms with Crippen LogP contribution in [0.2, 0.25) is 0 Å². The van der Waals surface area contributed by atoms with Crippen LogP contribution < -0.4 is 0 Å². The van der Waals surface area contributed by atoms with Gasteiger partial charge in [0.2, 0.25) is 0 Å². The van der Waals surface area contributed by atoms with Gasteiger partial charge in [0.15, 0.2) is 0 Å². The first-order valence-electron chi connectivity index (χ1n) is 10.3. The van der Waals surface area contributed by atoms with Crippen LogP contribution in [0.25, 0.3) is 16.3 Å². The van der Waals surface area contributed by atoms with Crippen LogP contribution >= 0.6 is 0 Å². The van der Waals surface area contributed by atoms with E-state index in [1.165, 1.54) is 38.7 Å². The predicted molar refractivity (Wildman–Crippen MR) is 117 cm³/mol. The van der Waals surface area contributed by atoms with Gasteiger partial charge in [-0.1, -0.05) is 76.6 Å². The number of aromatic nitrogens is 1. The average Bonchev–Trinajstić information content (AvgIpc) is 2.63. The Labute approximate surface area is 163 Å². The van der Waals surface area contributed by atoms with Gasteiger partial charge in [-0.15, -0.1) is 0 Å². The van der Waals surface area contributed by atoms with Crippen LogP contribution in [-0.4, -0.2) is 4.98 Å². The highest BCUT2D eigenvalue weighted by atomic mass is 14.7. The van der Waals surface area contributed by atoms with E-state index in [2.05, 4.69) is 84.0 Å². The molecule has 0 bridgehead atoms. The molecule has 0 fully saturated rings. The largest absolute Gasteiger partial charge is 0.256 e. The van der Waals surface area contributed by atoms with Crippen LogP contribution in [0.15, 0.2) is 59.8 Å². The quantitative estimate of drug-likeness (QED) is 0.534. The van der Waals surface area contributed by atoms with Gasteiger partial charge >= 0.3 is 0 Å². The Kier molecular flexibility index (Phi) is 4.37. The Bertz CT molecular complexity index is 979. The summed E-state index contributed by atoms with van der Waals surface area (Å²) in [5.41, 5.74) is 7.07. The lowest BCUT2D eigenvalue weighted by Crippen LogP contribution is -2.31. The maximum atomic E-state index is 4.94. The molecule has 1 heteroatoms. The molecule has 2 unspecified atom stereocenters. The zero-order valence-corrected chi connectivity index (χ0v) is 17.5. The van der Waals surface area contributed by atoms with Crippen molar-refractivity contribution in [3.05, 3.63) is 71.1 Å². The average molecular weight is 358 g/mol. The van der Waals surface area contributed by atoms with Crippen molar-refractivity contribution in [3.63, 3.8) is 0 Å². The van der Waals surface area contributed by atoms with Gasteiger partial charge in [-0.3, -0.25) is 4.98 Å². The summed E-state index contributed by atoms with van der Waals surface area (Å²) in [5, 5.41) is 2.68. The first kappa shape index (κ1) is 18.2. The summed E-state index contributed by atoms with van der Waals surface area (Å²) < 4.78 is 0. The molecule has 1 heterocycles. The molecule has 0 N–H and O–H groups in total. The molecule has 2 atom stereocenters. The van der Waals surface area contributed by atoms with E-state index in [0.29, 0.717) is 17.8 Å². The minimum atomic E-state index is 0.00557. The second-order valence-electron chi connectivity index (χ2n) is 9.19. The fourth-order valence-corrected chi connectivity index (χ4v) is 5.14. The molecule has 0 spiro atoms. The van der Waals surface area contributed by atoms with E-state index < -0.39 is 0 Å². The summed E-state index contributed by atoms with van der Waals surface area (Å²) in [5.74, 6) is 1.58. The first-order valence-corrected chi connectivity index (χ1v) is 10.3. The second kappa shape index (κ2) is 6.48. The molecule has 1 aromatic carbocycles. The fourth-order valence-electron chi connectivity index (χ4n) is 5.14. The van der Waals surface area contributed by atoms with Crippen LogP contribution in [-0.2, 0) is 5.41 Å². The van der Waals surface area contributed by atoms with Gasteiger partial charge in [0.25, 0.3) is 0 Å². The molecule has 1 aromatic heterocycles. The molecule has 0 saturated carbocycles. The molecule has 2 aliphatic rings. The lowest BCUT2D eigenvalue weighted by molar-refractivity contribution is 0.505. The van der Waals surface area contributed by atoms with Crippen molar-refractivity contribution in [2.45, 2.75) is 53.4 Å². The number of hydrogen-bond acceptors (Lipinski definition) is 1. The second-order valence-corrected chi connectivity index (χ2v) is 9.19. The van der Waals surface area contributed by atoms with Crippen LogP contribution in [0.4, 0.5) is 0 Å². The number of nitrogens with zero attached hydrogens (tertiary/aromatic N) is 1. The van der Waals surface area contributed by atoms with Gasteiger partial charge in [0.05, 0.1) is 5.69 Å². The molecule has 0 saturated heterocycles. The SMILES string of the molecule is CC1=CCC(C(C)C=CC(C)C)C2=C1C(C)(C)c1cccc3ccnc2c13. The van der Waals surface area contributed by atoms with Crippen molar-refractivity contribution >= 4 is 16.3 Å². The highest BCUT2D eigenvalue weighted by Gasteiger charge is 2.41. The van der Waals surface area contributed by atoms with Gasteiger partial charge in [0, 0.05) is 17.0 Å². The zero-order chi connectivity index (χ0) is 19.3. The summed E-state index contributed by atoms with van der Waals surface area (Å²) >= 11 is 0. The van der Waals surface area contributed by atoms with Crippen molar-refractivity contribution in [2.24, 2.45) is 17.8 Å². The molecule has 2 aliphatic carbocycles. The zero-order valence-electron chi connectivity index (χ0n) is 17.5. The standard InChI is InChI=1S/C26H31N/c1-16(2)10-11-17(3)20-13-12-18(4)24-23(20)25-22-19(14-15-27-25)8-7-9-21(22)26(24,5)6/h7-12,14-17,20H,13H2,1-6H3. The predicted octanol–water partition coefficient (Wildman–Crippen LogP) is 7.09. The summed E-state index contributed by atoms with van der Waals surface area (Å²) in [4.78, 5) is 4.94. The number of fused-ring (bicyclic) bond motifs is 1. The monoisotopic (exact) mass is 357 g/mol. The summed E-state index contributed by atoms with van der Waals surface area (Å²) in [6, 6.07) is 8.89. The maximum absolute atomic E-state index is 4.94. The third-order valence-electron chi connectivity index (χ3n) is 6.49. The van der Waals surface area contributed by atoms with Crippen molar-refractivity contribution in [3.8, 4) is 0 Å². The Hall–Kier alpha value is -2.15. The smallest absolute Gasteiger partial charge is 0.0749 e. The minimum Gasteiger partial charge on any atom is -0.256 e. The molecule has 2 aromatic rings. The topological polar surface area (TPSA) is 12.9 Å². The summed E-state index contributed by atoms with van der Waals surface area (Å²) in [7, 11) is 0. The van der Waals surface area contributed by atoms with E-state index >= 15 is 0 Å². The third-order valence-corrected chi connectivity index (χ3v) is 6.49. The van der Waals surface area contributed by atoms with E-state index in [1.807, 2.05) is 6.20 Å². The normalized spacial score (nSPS) is 22.3. The van der Waals surface area contributed by atoms with Gasteiger partial charge in [0.1, 0.15) is 0 Å². The van der Waals surface area contributed by atoms with Crippen molar-refractivity contribution < 1.29 is 0 Å². The summed E-state index contributed by atoms with van der Waals surface area (Å²) in [6.45, 7) is 13.9. The number of allylic oxidation sites excluding steroid dienone is 6. The molecule has 27 heavy (non-hydrogen) atoms. The lowest BCUT2D eigenvalue weighted by Gasteiger charge is -2.42. The number of benzene rings is 1. The van der Waals surface area contributed by atoms with Crippen LogP contribution in [0.3, 0.4) is 0 Å². The Morgan fingerprint density at radius 1 is 1.11 bits per heavy atom. The molecule has 1 nitrogen and oxygen atoms in total. The van der Waals surface area contributed by atoms with Crippen LogP contribution in [0.1, 0.15) is 59.2 Å². The van der Waals surface area contributed by atoms with Crippen molar-refractivity contribution in [2.75, 3.05) is 0 Å². The molecular formula is C26H31N. The van der Waals surface area contributed by atoms with E-state index in [-0.39, 0.29) is 5.41 Å². The third kappa shape index (κ3) is 2.79. The molecule has 0 aliphatic heterocycles. The Morgan fingerprint density at radius 2 is 1.89 bits per heavy atom. The molecule has 4 rings (SSSR count). The van der Waals surface area contributed by atoms with E-state index in [1.54, 1.807) is 0 Å². The number of hydrogen-bond donors (Lipinski definition) is 0. The van der Waals surface area contributed by atoms with Crippen LogP contribution in [0.5, 0.6) is 0 Å². The van der Waals surface area contributed by atoms with Gasteiger partial charge in [-0.2, -0.15) is 0 Å². The molecule has 140 valence electrons. The van der Waals surface area contributed by atoms with Crippen LogP contribution in [0, 0.1) is 17.8 Å². The van der Waals surface area contributed by atoms with Crippen molar-refractivity contribution in [1.29, 1.82) is 0 Å². The molecular weight excluding hydrogens is 326 g/mol. The van der Waals surface area contributed by atoms with Gasteiger partial charge in [-0.25, -0.2) is 0 Å².